The maximum Gasteiger partial charge on any atom is 0.277 e. The summed E-state index contributed by atoms with van der Waals surface area (Å²) in [6, 6.07) is 26.3. The maximum atomic E-state index is 13.8. The molecule has 0 saturated heterocycles. The highest BCUT2D eigenvalue weighted by atomic mass is 16.1. The highest BCUT2D eigenvalue weighted by molar-refractivity contribution is 5.87. The zero-order valence-corrected chi connectivity index (χ0v) is 21.0. The molecule has 6 aromatic rings. The van der Waals surface area contributed by atoms with Gasteiger partial charge in [0.2, 0.25) is 0 Å². The van der Waals surface area contributed by atoms with Gasteiger partial charge in [-0.3, -0.25) is 4.79 Å². The molecule has 6 nitrogen and oxygen atoms in total. The van der Waals surface area contributed by atoms with E-state index in [-0.39, 0.29) is 11.5 Å². The summed E-state index contributed by atoms with van der Waals surface area (Å²) in [4.78, 5) is 18.7. The first kappa shape index (κ1) is 22.9. The first-order chi connectivity index (χ1) is 17.9. The molecule has 0 aliphatic carbocycles. The first-order valence-electron chi connectivity index (χ1n) is 12.5. The van der Waals surface area contributed by atoms with Gasteiger partial charge in [-0.15, -0.1) is 0 Å². The summed E-state index contributed by atoms with van der Waals surface area (Å²) in [6.07, 6.45) is 1.84. The molecule has 0 amide bonds. The van der Waals surface area contributed by atoms with E-state index < -0.39 is 0 Å². The van der Waals surface area contributed by atoms with Crippen LogP contribution >= 0.6 is 0 Å². The fourth-order valence-electron chi connectivity index (χ4n) is 5.13. The molecule has 0 aliphatic rings. The lowest BCUT2D eigenvalue weighted by Gasteiger charge is -2.13. The summed E-state index contributed by atoms with van der Waals surface area (Å²) in [7, 11) is 0. The molecule has 37 heavy (non-hydrogen) atoms. The Hall–Kier alpha value is -4.58. The van der Waals surface area contributed by atoms with Crippen molar-refractivity contribution in [1.82, 2.24) is 14.1 Å². The topological polar surface area (TPSA) is 91.9 Å². The van der Waals surface area contributed by atoms with Crippen molar-refractivity contribution in [3.63, 3.8) is 0 Å². The van der Waals surface area contributed by atoms with Gasteiger partial charge in [-0.05, 0) is 75.1 Å². The Balaban J connectivity index is 1.43. The molecule has 4 N–H and O–H groups in total. The molecule has 0 bridgehead atoms. The van der Waals surface area contributed by atoms with Crippen LogP contribution in [0.2, 0.25) is 0 Å². The van der Waals surface area contributed by atoms with Crippen molar-refractivity contribution in [3.05, 3.63) is 112 Å². The van der Waals surface area contributed by atoms with Crippen molar-refractivity contribution in [2.24, 2.45) is 0 Å². The third kappa shape index (κ3) is 4.20. The number of nitrogens with two attached hydrogens (primary N) is 2. The fraction of sp³-hybridized carbons (Fsp3) is 0.161. The summed E-state index contributed by atoms with van der Waals surface area (Å²) >= 11 is 0. The molecule has 0 spiro atoms. The van der Waals surface area contributed by atoms with E-state index in [0.29, 0.717) is 18.6 Å². The molecule has 0 saturated carbocycles. The maximum absolute atomic E-state index is 13.8. The van der Waals surface area contributed by atoms with E-state index in [1.54, 1.807) is 4.57 Å². The van der Waals surface area contributed by atoms with Crippen LogP contribution in [0.15, 0.2) is 89.9 Å². The molecule has 2 aromatic heterocycles. The predicted octanol–water partition coefficient (Wildman–Crippen LogP) is 5.89. The van der Waals surface area contributed by atoms with Crippen LogP contribution in [0.1, 0.15) is 36.7 Å². The lowest BCUT2D eigenvalue weighted by atomic mass is 10.1. The van der Waals surface area contributed by atoms with Crippen molar-refractivity contribution in [2.45, 2.75) is 32.9 Å². The number of hydrogen-bond donors (Lipinski definition) is 2. The lowest BCUT2D eigenvalue weighted by molar-refractivity contribution is 0.677. The SMILES string of the molecule is CC(C)c1nc2ccn(Cc3ccc4ccc(N)cc4c3)c(=O)c2n1Cc1ccc2ccc(N)cc2c1. The first-order valence-corrected chi connectivity index (χ1v) is 12.5. The Morgan fingerprint density at radius 3 is 1.89 bits per heavy atom. The van der Waals surface area contributed by atoms with Crippen molar-refractivity contribution < 1.29 is 0 Å². The molecular formula is C31H29N5O. The zero-order chi connectivity index (χ0) is 25.7. The Morgan fingerprint density at radius 2 is 1.30 bits per heavy atom. The van der Waals surface area contributed by atoms with Gasteiger partial charge < -0.3 is 20.6 Å². The number of nitrogen functional groups attached to an aromatic ring is 2. The van der Waals surface area contributed by atoms with E-state index in [1.165, 1.54) is 0 Å². The average Bonchev–Trinajstić information content (AvgIpc) is 3.24. The van der Waals surface area contributed by atoms with Gasteiger partial charge in [0.05, 0.1) is 12.1 Å². The van der Waals surface area contributed by atoms with Crippen LogP contribution < -0.4 is 17.0 Å². The predicted molar refractivity (Wildman–Crippen MR) is 153 cm³/mol. The highest BCUT2D eigenvalue weighted by Gasteiger charge is 2.18. The second-order valence-electron chi connectivity index (χ2n) is 10.1. The van der Waals surface area contributed by atoms with E-state index in [9.17, 15) is 4.79 Å². The summed E-state index contributed by atoms with van der Waals surface area (Å²) in [6.45, 7) is 5.25. The van der Waals surface area contributed by atoms with Gasteiger partial charge >= 0.3 is 0 Å². The number of anilines is 2. The van der Waals surface area contributed by atoms with Crippen LogP contribution in [0.25, 0.3) is 32.6 Å². The molecule has 2 heterocycles. The van der Waals surface area contributed by atoms with Crippen LogP contribution in [0, 0.1) is 0 Å². The van der Waals surface area contributed by atoms with E-state index in [1.807, 2.05) is 48.7 Å². The smallest absolute Gasteiger partial charge is 0.277 e. The average molecular weight is 488 g/mol. The highest BCUT2D eigenvalue weighted by Crippen LogP contribution is 2.25. The quantitative estimate of drug-likeness (QED) is 0.297. The zero-order valence-electron chi connectivity index (χ0n) is 21.0. The standard InChI is InChI=1S/C31H29N5O/c1-19(2)30-34-28-11-12-35(17-20-3-5-22-7-9-26(32)15-24(22)13-20)31(37)29(28)36(30)18-21-4-6-23-8-10-27(33)16-25(23)14-21/h3-16,19H,17-18,32-33H2,1-2H3. The lowest BCUT2D eigenvalue weighted by Crippen LogP contribution is -2.22. The molecule has 0 atom stereocenters. The molecule has 184 valence electrons. The number of rotatable bonds is 5. The number of pyridine rings is 1. The largest absolute Gasteiger partial charge is 0.399 e. The van der Waals surface area contributed by atoms with Gasteiger partial charge in [0.1, 0.15) is 11.3 Å². The van der Waals surface area contributed by atoms with Gasteiger partial charge in [-0.25, -0.2) is 4.98 Å². The number of benzene rings is 4. The van der Waals surface area contributed by atoms with Gasteiger partial charge in [0.25, 0.3) is 5.56 Å². The molecule has 0 unspecified atom stereocenters. The van der Waals surface area contributed by atoms with Gasteiger partial charge in [0.15, 0.2) is 0 Å². The van der Waals surface area contributed by atoms with E-state index in [2.05, 4.69) is 54.8 Å². The Kier molecular flexibility index (Phi) is 5.45. The van der Waals surface area contributed by atoms with Crippen LogP contribution in [0.5, 0.6) is 0 Å². The molecule has 0 aliphatic heterocycles. The minimum absolute atomic E-state index is 0.0467. The van der Waals surface area contributed by atoms with Crippen molar-refractivity contribution in [1.29, 1.82) is 0 Å². The summed E-state index contributed by atoms with van der Waals surface area (Å²) in [5.41, 5.74) is 16.9. The molecule has 6 heteroatoms. The van der Waals surface area contributed by atoms with Crippen molar-refractivity contribution in [3.8, 4) is 0 Å². The third-order valence-corrected chi connectivity index (χ3v) is 6.97. The molecular weight excluding hydrogens is 458 g/mol. The number of aromatic nitrogens is 3. The molecule has 0 radical (unpaired) electrons. The Bertz CT molecular complexity index is 1860. The van der Waals surface area contributed by atoms with Crippen molar-refractivity contribution >= 4 is 44.0 Å². The third-order valence-electron chi connectivity index (χ3n) is 6.97. The number of fused-ring (bicyclic) bond motifs is 3. The number of hydrogen-bond acceptors (Lipinski definition) is 4. The minimum Gasteiger partial charge on any atom is -0.399 e. The number of imidazole rings is 1. The van der Waals surface area contributed by atoms with Gasteiger partial charge in [0, 0.05) is 30.0 Å². The summed E-state index contributed by atoms with van der Waals surface area (Å²) < 4.78 is 3.84. The van der Waals surface area contributed by atoms with Crippen LogP contribution in [-0.4, -0.2) is 14.1 Å². The number of nitrogens with zero attached hydrogens (tertiary/aromatic N) is 3. The van der Waals surface area contributed by atoms with E-state index in [0.717, 1.165) is 55.4 Å². The van der Waals surface area contributed by atoms with E-state index >= 15 is 0 Å². The summed E-state index contributed by atoms with van der Waals surface area (Å²) in [5.74, 6) is 1.07. The fourth-order valence-corrected chi connectivity index (χ4v) is 5.13. The van der Waals surface area contributed by atoms with Crippen molar-refractivity contribution in [2.75, 3.05) is 11.5 Å². The summed E-state index contributed by atoms with van der Waals surface area (Å²) in [5, 5.41) is 4.41. The molecule has 0 fully saturated rings. The van der Waals surface area contributed by atoms with Crippen LogP contribution in [0.3, 0.4) is 0 Å². The van der Waals surface area contributed by atoms with Gasteiger partial charge in [-0.2, -0.15) is 0 Å². The Morgan fingerprint density at radius 1 is 0.730 bits per heavy atom. The second-order valence-corrected chi connectivity index (χ2v) is 10.1. The molecule has 4 aromatic carbocycles. The van der Waals surface area contributed by atoms with Gasteiger partial charge in [-0.1, -0.05) is 50.2 Å². The van der Waals surface area contributed by atoms with E-state index in [4.69, 9.17) is 16.5 Å². The Labute approximate surface area is 214 Å². The monoisotopic (exact) mass is 487 g/mol. The normalized spacial score (nSPS) is 11.8. The van der Waals surface area contributed by atoms with Crippen LogP contribution in [0.4, 0.5) is 11.4 Å². The molecule has 6 rings (SSSR count). The van der Waals surface area contributed by atoms with Crippen LogP contribution in [-0.2, 0) is 13.1 Å². The minimum atomic E-state index is -0.0467. The second kappa shape index (κ2) is 8.82.